The highest BCUT2D eigenvalue weighted by Gasteiger charge is 2.19. The molecule has 0 aliphatic carbocycles. The molecule has 0 atom stereocenters. The Balaban J connectivity index is 2.34. The number of hydrogen-bond donors (Lipinski definition) is 0. The molecule has 3 nitrogen and oxygen atoms in total. The molecule has 0 bridgehead atoms. The van der Waals surface area contributed by atoms with Gasteiger partial charge >= 0.3 is 0 Å². The number of nitrogens with zero attached hydrogens (tertiary/aromatic N) is 2. The lowest BCUT2D eigenvalue weighted by Gasteiger charge is -2.22. The molecule has 1 aromatic heterocycles. The van der Waals surface area contributed by atoms with Gasteiger partial charge in [-0.15, -0.1) is 0 Å². The minimum Gasteiger partial charge on any atom is -0.332 e. The maximum absolute atomic E-state index is 12.4. The Bertz CT molecular complexity index is 652. The van der Waals surface area contributed by atoms with Gasteiger partial charge in [0.05, 0.1) is 0 Å². The van der Waals surface area contributed by atoms with Crippen molar-refractivity contribution < 1.29 is 4.79 Å². The lowest BCUT2D eigenvalue weighted by atomic mass is 9.83. The zero-order chi connectivity index (χ0) is 15.8. The summed E-state index contributed by atoms with van der Waals surface area (Å²) in [5.74, 6) is 0.589. The molecule has 2 aromatic rings. The van der Waals surface area contributed by atoms with Crippen molar-refractivity contribution in [3.8, 4) is 0 Å². The third-order valence-corrected chi connectivity index (χ3v) is 3.97. The molecule has 0 aliphatic rings. The summed E-state index contributed by atoms with van der Waals surface area (Å²) < 4.78 is 1.77. The minimum atomic E-state index is 0.0669. The quantitative estimate of drug-likeness (QED) is 0.804. The van der Waals surface area contributed by atoms with Crippen molar-refractivity contribution in [2.24, 2.45) is 7.05 Å². The summed E-state index contributed by atoms with van der Waals surface area (Å²) in [7, 11) is 1.85. The number of Topliss-reactive ketones (excluding diaryl/α,β-unsaturated/α-hetero) is 1. The molecule has 0 amide bonds. The van der Waals surface area contributed by atoms with E-state index in [2.05, 4.69) is 51.7 Å². The van der Waals surface area contributed by atoms with Crippen LogP contribution < -0.4 is 0 Å². The first kappa shape index (κ1) is 15.5. The van der Waals surface area contributed by atoms with Crippen molar-refractivity contribution in [1.29, 1.82) is 0 Å². The minimum absolute atomic E-state index is 0.0669. The molecule has 0 N–H and O–H groups in total. The lowest BCUT2D eigenvalue weighted by molar-refractivity contribution is 0.0979. The third kappa shape index (κ3) is 3.23. The van der Waals surface area contributed by atoms with Crippen molar-refractivity contribution in [2.45, 2.75) is 46.5 Å². The number of ketones is 1. The molecular formula is C18H24N2O. The van der Waals surface area contributed by atoms with Crippen LogP contribution in [0.1, 0.15) is 53.6 Å². The number of aromatic nitrogens is 2. The summed E-state index contributed by atoms with van der Waals surface area (Å²) in [5, 5.41) is 0. The molecule has 0 radical (unpaired) electrons. The van der Waals surface area contributed by atoms with E-state index in [1.165, 1.54) is 16.7 Å². The van der Waals surface area contributed by atoms with Crippen molar-refractivity contribution in [2.75, 3.05) is 0 Å². The Hall–Kier alpha value is -1.90. The zero-order valence-electron chi connectivity index (χ0n) is 13.8. The molecule has 0 saturated carbocycles. The number of carbonyl (C=O) groups is 1. The summed E-state index contributed by atoms with van der Waals surface area (Å²) in [6.07, 6.45) is 3.87. The highest BCUT2D eigenvalue weighted by atomic mass is 16.1. The summed E-state index contributed by atoms with van der Waals surface area (Å²) >= 11 is 0. The third-order valence-electron chi connectivity index (χ3n) is 3.97. The van der Waals surface area contributed by atoms with Gasteiger partial charge in [-0.05, 0) is 41.5 Å². The predicted molar refractivity (Wildman–Crippen MR) is 85.9 cm³/mol. The van der Waals surface area contributed by atoms with Crippen LogP contribution in [0.5, 0.6) is 0 Å². The smallest absolute Gasteiger partial charge is 0.202 e. The highest BCUT2D eigenvalue weighted by molar-refractivity contribution is 5.94. The fraction of sp³-hybridized carbons (Fsp3) is 0.444. The van der Waals surface area contributed by atoms with Gasteiger partial charge in [-0.2, -0.15) is 0 Å². The summed E-state index contributed by atoms with van der Waals surface area (Å²) in [6, 6.07) is 4.40. The van der Waals surface area contributed by atoms with Gasteiger partial charge in [-0.25, -0.2) is 4.98 Å². The second kappa shape index (κ2) is 5.47. The van der Waals surface area contributed by atoms with Crippen molar-refractivity contribution in [3.05, 3.63) is 52.6 Å². The summed E-state index contributed by atoms with van der Waals surface area (Å²) in [6.45, 7) is 10.8. The van der Waals surface area contributed by atoms with Gasteiger partial charge in [0.1, 0.15) is 0 Å². The predicted octanol–water partition coefficient (Wildman–Crippen LogP) is 3.76. The molecule has 112 valence electrons. The Morgan fingerprint density at radius 1 is 1.19 bits per heavy atom. The van der Waals surface area contributed by atoms with Crippen LogP contribution in [0.4, 0.5) is 0 Å². The molecule has 0 saturated heterocycles. The van der Waals surface area contributed by atoms with Gasteiger partial charge in [0.2, 0.25) is 5.78 Å². The monoisotopic (exact) mass is 284 g/mol. The molecule has 2 rings (SSSR count). The highest BCUT2D eigenvalue weighted by Crippen LogP contribution is 2.27. The van der Waals surface area contributed by atoms with Crippen LogP contribution in [-0.2, 0) is 18.9 Å². The molecule has 0 fully saturated rings. The zero-order valence-corrected chi connectivity index (χ0v) is 13.8. The van der Waals surface area contributed by atoms with E-state index in [1.807, 2.05) is 7.05 Å². The first-order valence-electron chi connectivity index (χ1n) is 7.31. The van der Waals surface area contributed by atoms with Gasteiger partial charge in [0.15, 0.2) is 5.82 Å². The van der Waals surface area contributed by atoms with Crippen molar-refractivity contribution in [3.63, 3.8) is 0 Å². The molecule has 1 aromatic carbocycles. The molecule has 0 unspecified atom stereocenters. The second-order valence-electron chi connectivity index (χ2n) is 6.80. The average Bonchev–Trinajstić information content (AvgIpc) is 2.78. The van der Waals surface area contributed by atoms with Crippen LogP contribution in [0.3, 0.4) is 0 Å². The van der Waals surface area contributed by atoms with Gasteiger partial charge in [-0.1, -0.05) is 32.9 Å². The van der Waals surface area contributed by atoms with E-state index in [0.717, 1.165) is 5.56 Å². The van der Waals surface area contributed by atoms with Crippen molar-refractivity contribution >= 4 is 5.78 Å². The van der Waals surface area contributed by atoms with E-state index in [-0.39, 0.29) is 11.2 Å². The second-order valence-corrected chi connectivity index (χ2v) is 6.80. The normalized spacial score (nSPS) is 11.7. The van der Waals surface area contributed by atoms with E-state index < -0.39 is 0 Å². The molecule has 0 spiro atoms. The molecular weight excluding hydrogens is 260 g/mol. The van der Waals surface area contributed by atoms with Gasteiger partial charge in [0, 0.05) is 25.9 Å². The maximum atomic E-state index is 12.4. The van der Waals surface area contributed by atoms with Gasteiger partial charge in [0.25, 0.3) is 0 Å². The SMILES string of the molecule is Cc1cc(C(C)(C)C)cc(C)c1CC(=O)c1nccn1C. The number of rotatable bonds is 3. The van der Waals surface area contributed by atoms with E-state index in [9.17, 15) is 4.79 Å². The summed E-state index contributed by atoms with van der Waals surface area (Å²) in [5.41, 5.74) is 4.92. The first-order valence-corrected chi connectivity index (χ1v) is 7.31. The fourth-order valence-electron chi connectivity index (χ4n) is 2.58. The van der Waals surface area contributed by atoms with Crippen LogP contribution in [0.25, 0.3) is 0 Å². The largest absolute Gasteiger partial charge is 0.332 e. The first-order chi connectivity index (χ1) is 9.70. The Labute approximate surface area is 127 Å². The van der Waals surface area contributed by atoms with E-state index in [4.69, 9.17) is 0 Å². The van der Waals surface area contributed by atoms with Crippen LogP contribution >= 0.6 is 0 Å². The van der Waals surface area contributed by atoms with E-state index >= 15 is 0 Å². The van der Waals surface area contributed by atoms with Crippen LogP contribution in [-0.4, -0.2) is 15.3 Å². The fourth-order valence-corrected chi connectivity index (χ4v) is 2.58. The number of imidazole rings is 1. The average molecular weight is 284 g/mol. The van der Waals surface area contributed by atoms with Crippen LogP contribution in [0, 0.1) is 13.8 Å². The van der Waals surface area contributed by atoms with E-state index in [0.29, 0.717) is 12.2 Å². The Morgan fingerprint density at radius 3 is 2.19 bits per heavy atom. The number of hydrogen-bond acceptors (Lipinski definition) is 2. The molecule has 3 heteroatoms. The van der Waals surface area contributed by atoms with Crippen molar-refractivity contribution in [1.82, 2.24) is 9.55 Å². The van der Waals surface area contributed by atoms with Crippen LogP contribution in [0.2, 0.25) is 0 Å². The maximum Gasteiger partial charge on any atom is 0.202 e. The molecule has 0 aliphatic heterocycles. The number of carbonyl (C=O) groups excluding carboxylic acids is 1. The topological polar surface area (TPSA) is 34.9 Å². The number of benzene rings is 1. The molecule has 21 heavy (non-hydrogen) atoms. The molecule has 1 heterocycles. The van der Waals surface area contributed by atoms with Gasteiger partial charge in [-0.3, -0.25) is 4.79 Å². The standard InChI is InChI=1S/C18H24N2O/c1-12-9-14(18(3,4)5)10-13(2)15(12)11-16(21)17-19-7-8-20(17)6/h7-10H,11H2,1-6H3. The number of aryl methyl sites for hydroxylation is 3. The lowest BCUT2D eigenvalue weighted by Crippen LogP contribution is -2.15. The van der Waals surface area contributed by atoms with Crippen LogP contribution in [0.15, 0.2) is 24.5 Å². The van der Waals surface area contributed by atoms with E-state index in [1.54, 1.807) is 17.0 Å². The Kier molecular flexibility index (Phi) is 4.04. The Morgan fingerprint density at radius 2 is 1.76 bits per heavy atom. The van der Waals surface area contributed by atoms with Gasteiger partial charge < -0.3 is 4.57 Å². The summed E-state index contributed by atoms with van der Waals surface area (Å²) in [4.78, 5) is 16.5.